The van der Waals surface area contributed by atoms with Crippen molar-refractivity contribution in [2.75, 3.05) is 18.6 Å². The Morgan fingerprint density at radius 2 is 1.82 bits per heavy atom. The van der Waals surface area contributed by atoms with Crippen LogP contribution >= 0.6 is 11.6 Å². The third kappa shape index (κ3) is 8.36. The molecule has 4 atom stereocenters. The van der Waals surface area contributed by atoms with Crippen molar-refractivity contribution in [2.24, 2.45) is 11.8 Å². The van der Waals surface area contributed by atoms with Crippen molar-refractivity contribution in [1.82, 2.24) is 4.98 Å². The van der Waals surface area contributed by atoms with E-state index in [1.54, 1.807) is 6.20 Å². The monoisotopic (exact) mass is 798 g/mol. The minimum atomic E-state index is -5.29. The number of aliphatic carboxylic acids is 1. The zero-order valence-electron chi connectivity index (χ0n) is 32.3. The fraction of sp³-hybridized carbons (Fsp3) is 0.535. The van der Waals surface area contributed by atoms with E-state index in [1.165, 1.54) is 29.8 Å². The van der Waals surface area contributed by atoms with Gasteiger partial charge in [0.1, 0.15) is 17.0 Å². The number of pyridine rings is 1. The molecule has 1 heterocycles. The largest absolute Gasteiger partial charge is 0.493 e. The van der Waals surface area contributed by atoms with Crippen molar-refractivity contribution < 1.29 is 46.9 Å². The van der Waals surface area contributed by atoms with Crippen LogP contribution in [0.3, 0.4) is 0 Å². The van der Waals surface area contributed by atoms with E-state index < -0.39 is 35.0 Å². The van der Waals surface area contributed by atoms with Crippen LogP contribution in [0.5, 0.6) is 11.5 Å². The number of fused-ring (bicyclic) bond motifs is 3. The number of alkyl halides is 3. The van der Waals surface area contributed by atoms with Gasteiger partial charge in [0, 0.05) is 34.6 Å². The Bertz CT molecular complexity index is 1930. The summed E-state index contributed by atoms with van der Waals surface area (Å²) in [5.74, 6) is -2.14. The van der Waals surface area contributed by atoms with E-state index in [9.17, 15) is 32.7 Å². The van der Waals surface area contributed by atoms with Crippen LogP contribution in [-0.2, 0) is 37.4 Å². The highest BCUT2D eigenvalue weighted by molar-refractivity contribution is 6.31. The van der Waals surface area contributed by atoms with E-state index in [1.807, 2.05) is 31.2 Å². The number of hydrogen-bond donors (Lipinski definition) is 1. The molecule has 0 bridgehead atoms. The number of ether oxygens (including phenoxy) is 3. The van der Waals surface area contributed by atoms with Gasteiger partial charge in [-0.2, -0.15) is 13.2 Å². The summed E-state index contributed by atoms with van der Waals surface area (Å²) in [5.41, 5.74) is 1.63. The quantitative estimate of drug-likeness (QED) is 0.170. The smallest absolute Gasteiger partial charge is 0.471 e. The number of nitrogens with zero attached hydrogens (tertiary/aromatic N) is 2. The lowest BCUT2D eigenvalue weighted by atomic mass is 9.59. The molecule has 1 N–H and O–H groups in total. The molecule has 302 valence electrons. The second-order valence-corrected chi connectivity index (χ2v) is 16.4. The van der Waals surface area contributed by atoms with E-state index in [-0.39, 0.29) is 60.8 Å². The molecule has 1 unspecified atom stereocenters. The van der Waals surface area contributed by atoms with Crippen molar-refractivity contribution in [3.63, 3.8) is 0 Å². The van der Waals surface area contributed by atoms with E-state index in [0.717, 1.165) is 55.4 Å². The molecule has 9 nitrogen and oxygen atoms in total. The van der Waals surface area contributed by atoms with Crippen LogP contribution in [-0.4, -0.2) is 59.5 Å². The number of carbonyl (C=O) groups is 3. The van der Waals surface area contributed by atoms with E-state index >= 15 is 0 Å². The van der Waals surface area contributed by atoms with Crippen molar-refractivity contribution in [2.45, 2.75) is 121 Å². The summed E-state index contributed by atoms with van der Waals surface area (Å²) in [6.07, 6.45) is 1.28. The number of hydrogen-bond acceptors (Lipinski definition) is 7. The minimum Gasteiger partial charge on any atom is -0.493 e. The third-order valence-electron chi connectivity index (χ3n) is 12.2. The number of carbonyl (C=O) groups excluding carboxylic acids is 2. The summed E-state index contributed by atoms with van der Waals surface area (Å²) < 4.78 is 61.1. The number of esters is 1. The van der Waals surface area contributed by atoms with Crippen LogP contribution in [0.2, 0.25) is 5.02 Å². The Balaban J connectivity index is 1.34. The lowest BCUT2D eigenvalue weighted by Gasteiger charge is -2.51. The molecule has 3 aliphatic carbocycles. The lowest BCUT2D eigenvalue weighted by Crippen LogP contribution is -2.63. The maximum Gasteiger partial charge on any atom is 0.471 e. The summed E-state index contributed by atoms with van der Waals surface area (Å²) >= 11 is 6.23. The van der Waals surface area contributed by atoms with Gasteiger partial charge in [0.2, 0.25) is 0 Å². The Labute approximate surface area is 330 Å². The molecule has 1 amide bonds. The number of carboxylic acid groups (broad SMARTS) is 1. The second kappa shape index (κ2) is 16.6. The molecule has 1 fully saturated rings. The maximum absolute atomic E-state index is 14.4. The average molecular weight is 799 g/mol. The Hall–Kier alpha value is -4.32. The van der Waals surface area contributed by atoms with E-state index in [4.69, 9.17) is 25.8 Å². The molecule has 56 heavy (non-hydrogen) atoms. The fourth-order valence-corrected chi connectivity index (χ4v) is 9.71. The van der Waals surface area contributed by atoms with E-state index in [2.05, 4.69) is 18.8 Å². The fourth-order valence-electron chi connectivity index (χ4n) is 9.53. The first-order valence-electron chi connectivity index (χ1n) is 19.5. The molecule has 6 rings (SSSR count). The van der Waals surface area contributed by atoms with Crippen LogP contribution in [0, 0.1) is 11.8 Å². The predicted octanol–water partition coefficient (Wildman–Crippen LogP) is 9.40. The number of methoxy groups -OCH3 is 1. The van der Waals surface area contributed by atoms with Gasteiger partial charge in [-0.3, -0.25) is 19.5 Å². The number of aromatic nitrogens is 1. The van der Waals surface area contributed by atoms with Gasteiger partial charge >= 0.3 is 24.0 Å². The Morgan fingerprint density at radius 1 is 1.07 bits per heavy atom. The van der Waals surface area contributed by atoms with Gasteiger partial charge in [0.15, 0.2) is 0 Å². The number of carboxylic acids is 1. The number of aryl methyl sites for hydroxylation is 1. The van der Waals surface area contributed by atoms with Crippen molar-refractivity contribution >= 4 is 35.1 Å². The van der Waals surface area contributed by atoms with Gasteiger partial charge in [-0.25, -0.2) is 4.79 Å². The van der Waals surface area contributed by atoms with Gasteiger partial charge in [-0.15, -0.1) is 0 Å². The average Bonchev–Trinajstić information content (AvgIpc) is 3.44. The molecular weight excluding hydrogens is 749 g/mol. The molecule has 1 spiro atoms. The Morgan fingerprint density at radius 3 is 2.50 bits per heavy atom. The number of halogens is 4. The SMILES string of the molecule is COC(=O)C1(N(C(=O)C(F)(F)F)c2cccc(Cl)c2)CCC2(CC1)c1cc(OC(C)CCC(=O)O)ccc1C[C@@H]2C[C@@H](C)COc1ccnc2c1[C@H](C)CCC2. The minimum absolute atomic E-state index is 0.0228. The summed E-state index contributed by atoms with van der Waals surface area (Å²) in [7, 11) is 1.12. The molecule has 0 saturated heterocycles. The maximum atomic E-state index is 14.4. The van der Waals surface area contributed by atoms with Gasteiger partial charge in [0.05, 0.1) is 19.8 Å². The topological polar surface area (TPSA) is 115 Å². The first-order chi connectivity index (χ1) is 26.6. The van der Waals surface area contributed by atoms with Crippen LogP contribution in [0.4, 0.5) is 18.9 Å². The lowest BCUT2D eigenvalue weighted by molar-refractivity contribution is -0.174. The third-order valence-corrected chi connectivity index (χ3v) is 12.5. The number of amides is 1. The van der Waals surface area contributed by atoms with Gasteiger partial charge < -0.3 is 19.3 Å². The van der Waals surface area contributed by atoms with Crippen LogP contribution < -0.4 is 14.4 Å². The van der Waals surface area contributed by atoms with Crippen LogP contribution in [0.1, 0.15) is 107 Å². The molecular formula is C43H50ClF3N2O7. The molecule has 2 aromatic carbocycles. The Kier molecular flexibility index (Phi) is 12.3. The molecule has 3 aromatic rings. The summed E-state index contributed by atoms with van der Waals surface area (Å²) in [6, 6.07) is 13.3. The summed E-state index contributed by atoms with van der Waals surface area (Å²) in [5, 5.41) is 9.31. The predicted molar refractivity (Wildman–Crippen MR) is 205 cm³/mol. The summed E-state index contributed by atoms with van der Waals surface area (Å²) in [6.45, 7) is 6.60. The van der Waals surface area contributed by atoms with Crippen molar-refractivity contribution in [3.8, 4) is 11.5 Å². The first-order valence-corrected chi connectivity index (χ1v) is 19.8. The number of benzene rings is 2. The highest BCUT2D eigenvalue weighted by Gasteiger charge is 2.60. The molecule has 0 aliphatic heterocycles. The molecule has 13 heteroatoms. The molecule has 0 radical (unpaired) electrons. The zero-order chi connectivity index (χ0) is 40.4. The molecule has 1 aromatic heterocycles. The highest BCUT2D eigenvalue weighted by Crippen LogP contribution is 2.58. The molecule has 1 saturated carbocycles. The standard InChI is InChI=1S/C43H50ClF3N2O7/c1-26(25-55-36-15-20-48-35-10-5-7-27(2)38(35)36)21-30-22-29-12-13-33(56-28(3)11-14-37(50)51)24-34(29)41(30)16-18-42(19-17-41,40(53)54-4)49(39(52)43(45,46)47)32-9-6-8-31(44)23-32/h6,8-9,12-13,15,20,23-24,26-28,30H,5,7,10-11,14,16-19,21-22,25H2,1-4H3,(H,50,51)/t26-,27-,28?,30+,41?,42?/m1/s1. The van der Waals surface area contributed by atoms with Gasteiger partial charge in [-0.1, -0.05) is 37.6 Å². The highest BCUT2D eigenvalue weighted by atomic mass is 35.5. The van der Waals surface area contributed by atoms with E-state index in [0.29, 0.717) is 36.0 Å². The van der Waals surface area contributed by atoms with Gasteiger partial charge in [0.25, 0.3) is 0 Å². The normalized spacial score (nSPS) is 24.1. The zero-order valence-corrected chi connectivity index (χ0v) is 33.0. The second-order valence-electron chi connectivity index (χ2n) is 16.0. The summed E-state index contributed by atoms with van der Waals surface area (Å²) in [4.78, 5) is 43.6. The number of rotatable bonds is 13. The van der Waals surface area contributed by atoms with Gasteiger partial charge in [-0.05, 0) is 142 Å². The van der Waals surface area contributed by atoms with Crippen molar-refractivity contribution in [3.05, 3.63) is 82.1 Å². The first kappa shape index (κ1) is 41.3. The molecule has 3 aliphatic rings. The van der Waals surface area contributed by atoms with Crippen LogP contribution in [0.25, 0.3) is 0 Å². The van der Waals surface area contributed by atoms with Crippen LogP contribution in [0.15, 0.2) is 54.7 Å². The number of anilines is 1. The van der Waals surface area contributed by atoms with Crippen molar-refractivity contribution in [1.29, 1.82) is 0 Å².